The van der Waals surface area contributed by atoms with Crippen LogP contribution in [0.1, 0.15) is 5.56 Å². The highest BCUT2D eigenvalue weighted by atomic mass is 16.5. The van der Waals surface area contributed by atoms with E-state index in [4.69, 9.17) is 16.2 Å². The van der Waals surface area contributed by atoms with Crippen molar-refractivity contribution < 1.29 is 14.3 Å². The molecule has 6 nitrogen and oxygen atoms in total. The average Bonchev–Trinajstić information content (AvgIpc) is 2.48. The lowest BCUT2D eigenvalue weighted by molar-refractivity contribution is -0.142. The van der Waals surface area contributed by atoms with Gasteiger partial charge in [-0.25, -0.2) is 0 Å². The fourth-order valence-electron chi connectivity index (χ4n) is 1.84. The summed E-state index contributed by atoms with van der Waals surface area (Å²) in [7, 11) is 0. The van der Waals surface area contributed by atoms with E-state index in [2.05, 4.69) is 5.32 Å². The normalized spacial score (nSPS) is 13.0. The minimum Gasteiger partial charge on any atom is -0.446 e. The molecule has 0 bridgehead atoms. The molecule has 0 fully saturated rings. The topological polar surface area (TPSA) is 107 Å². The van der Waals surface area contributed by atoms with Crippen LogP contribution in [-0.2, 0) is 16.0 Å². The van der Waals surface area contributed by atoms with Crippen LogP contribution < -0.4 is 21.5 Å². The molecule has 0 radical (unpaired) electrons. The van der Waals surface area contributed by atoms with E-state index in [1.807, 2.05) is 18.2 Å². The van der Waals surface area contributed by atoms with Gasteiger partial charge in [-0.1, -0.05) is 48.5 Å². The number of carbonyl (C=O) groups excluding carboxylic acids is 2. The van der Waals surface area contributed by atoms with Crippen molar-refractivity contribution in [3.05, 3.63) is 66.2 Å². The molecule has 0 aliphatic carbocycles. The SMILES string of the molecule is NC(=O)C(N)(NC(=O)Cc1ccccc1)Oc1ccccc1. The van der Waals surface area contributed by atoms with E-state index in [-0.39, 0.29) is 6.42 Å². The molecule has 0 saturated carbocycles. The zero-order chi connectivity index (χ0) is 16.0. The second-order valence-electron chi connectivity index (χ2n) is 4.73. The lowest BCUT2D eigenvalue weighted by atomic mass is 10.1. The third kappa shape index (κ3) is 4.07. The Morgan fingerprint density at radius 2 is 1.55 bits per heavy atom. The predicted octanol–water partition coefficient (Wildman–Crippen LogP) is 0.522. The second-order valence-corrected chi connectivity index (χ2v) is 4.73. The number of nitrogens with one attached hydrogen (secondary N) is 1. The lowest BCUT2D eigenvalue weighted by Gasteiger charge is -2.27. The van der Waals surface area contributed by atoms with Gasteiger partial charge in [0.05, 0.1) is 6.42 Å². The number of rotatable bonds is 6. The Bertz CT molecular complexity index is 646. The van der Waals surface area contributed by atoms with Crippen molar-refractivity contribution in [2.75, 3.05) is 0 Å². The fourth-order valence-corrected chi connectivity index (χ4v) is 1.84. The number of hydrogen-bond acceptors (Lipinski definition) is 4. The van der Waals surface area contributed by atoms with Gasteiger partial charge in [-0.3, -0.25) is 20.6 Å². The maximum absolute atomic E-state index is 12.0. The number of para-hydroxylation sites is 1. The maximum atomic E-state index is 12.0. The van der Waals surface area contributed by atoms with Crippen molar-refractivity contribution in [2.24, 2.45) is 11.5 Å². The Labute approximate surface area is 128 Å². The minimum atomic E-state index is -2.10. The van der Waals surface area contributed by atoms with Crippen LogP contribution in [0.15, 0.2) is 60.7 Å². The molecule has 6 heteroatoms. The smallest absolute Gasteiger partial charge is 0.319 e. The van der Waals surface area contributed by atoms with Crippen LogP contribution in [0.4, 0.5) is 0 Å². The predicted molar refractivity (Wildman–Crippen MR) is 81.5 cm³/mol. The second kappa shape index (κ2) is 6.73. The highest BCUT2D eigenvalue weighted by molar-refractivity contribution is 5.89. The van der Waals surface area contributed by atoms with Crippen LogP contribution in [0.2, 0.25) is 0 Å². The molecule has 1 unspecified atom stereocenters. The van der Waals surface area contributed by atoms with E-state index < -0.39 is 17.7 Å². The van der Waals surface area contributed by atoms with E-state index in [1.54, 1.807) is 42.5 Å². The first kappa shape index (κ1) is 15.5. The Hall–Kier alpha value is -2.86. The summed E-state index contributed by atoms with van der Waals surface area (Å²) in [5.41, 5.74) is 11.8. The number of ether oxygens (including phenoxy) is 1. The molecule has 0 saturated heterocycles. The Morgan fingerprint density at radius 3 is 2.09 bits per heavy atom. The van der Waals surface area contributed by atoms with E-state index >= 15 is 0 Å². The first-order chi connectivity index (χ1) is 10.5. The molecule has 0 aromatic heterocycles. The number of hydrogen-bond donors (Lipinski definition) is 3. The monoisotopic (exact) mass is 299 g/mol. The largest absolute Gasteiger partial charge is 0.446 e. The van der Waals surface area contributed by atoms with Gasteiger partial charge in [0.25, 0.3) is 5.91 Å². The molecule has 0 heterocycles. The summed E-state index contributed by atoms with van der Waals surface area (Å²) in [6.07, 6.45) is 0.0607. The van der Waals surface area contributed by atoms with Crippen molar-refractivity contribution in [3.63, 3.8) is 0 Å². The van der Waals surface area contributed by atoms with Crippen LogP contribution in [0, 0.1) is 0 Å². The van der Waals surface area contributed by atoms with Crippen molar-refractivity contribution in [2.45, 2.75) is 12.3 Å². The van der Waals surface area contributed by atoms with Gasteiger partial charge < -0.3 is 10.5 Å². The van der Waals surface area contributed by atoms with Gasteiger partial charge in [-0.05, 0) is 17.7 Å². The standard InChI is InChI=1S/C16H17N3O3/c17-15(21)16(18,22-13-9-5-2-6-10-13)19-14(20)11-12-7-3-1-4-8-12/h1-10H,11,18H2,(H2,17,21)(H,19,20). The van der Waals surface area contributed by atoms with Crippen LogP contribution in [-0.4, -0.2) is 17.7 Å². The van der Waals surface area contributed by atoms with Gasteiger partial charge >= 0.3 is 5.85 Å². The third-order valence-corrected chi connectivity index (χ3v) is 2.92. The molecule has 22 heavy (non-hydrogen) atoms. The van der Waals surface area contributed by atoms with Crippen molar-refractivity contribution in [1.82, 2.24) is 5.32 Å². The van der Waals surface area contributed by atoms with Crippen LogP contribution in [0.25, 0.3) is 0 Å². The number of primary amides is 1. The Kier molecular flexibility index (Phi) is 4.75. The average molecular weight is 299 g/mol. The summed E-state index contributed by atoms with van der Waals surface area (Å²) < 4.78 is 5.34. The van der Waals surface area contributed by atoms with E-state index in [0.717, 1.165) is 5.56 Å². The van der Waals surface area contributed by atoms with Crippen molar-refractivity contribution >= 4 is 11.8 Å². The molecular formula is C16H17N3O3. The van der Waals surface area contributed by atoms with Gasteiger partial charge in [-0.2, -0.15) is 0 Å². The summed E-state index contributed by atoms with van der Waals surface area (Å²) in [4.78, 5) is 23.6. The summed E-state index contributed by atoms with van der Waals surface area (Å²) in [6.45, 7) is 0. The molecule has 2 amide bonds. The quantitative estimate of drug-likeness (QED) is 0.676. The molecule has 2 aromatic carbocycles. The number of carbonyl (C=O) groups is 2. The minimum absolute atomic E-state index is 0.0607. The number of amides is 2. The number of nitrogens with two attached hydrogens (primary N) is 2. The van der Waals surface area contributed by atoms with Crippen LogP contribution >= 0.6 is 0 Å². The van der Waals surface area contributed by atoms with Gasteiger partial charge in [0.1, 0.15) is 5.75 Å². The zero-order valence-electron chi connectivity index (χ0n) is 11.9. The van der Waals surface area contributed by atoms with Crippen molar-refractivity contribution in [1.29, 1.82) is 0 Å². The first-order valence-corrected chi connectivity index (χ1v) is 6.67. The maximum Gasteiger partial charge on any atom is 0.319 e. The molecule has 114 valence electrons. The summed E-state index contributed by atoms with van der Waals surface area (Å²) in [6, 6.07) is 17.5. The van der Waals surface area contributed by atoms with E-state index in [9.17, 15) is 9.59 Å². The molecule has 5 N–H and O–H groups in total. The molecule has 0 spiro atoms. The molecule has 0 aliphatic heterocycles. The highest BCUT2D eigenvalue weighted by Gasteiger charge is 2.36. The molecular weight excluding hydrogens is 282 g/mol. The summed E-state index contributed by atoms with van der Waals surface area (Å²) >= 11 is 0. The highest BCUT2D eigenvalue weighted by Crippen LogP contribution is 2.13. The van der Waals surface area contributed by atoms with Crippen molar-refractivity contribution in [3.8, 4) is 5.75 Å². The lowest BCUT2D eigenvalue weighted by Crippen LogP contribution is -2.68. The van der Waals surface area contributed by atoms with Gasteiger partial charge in [-0.15, -0.1) is 0 Å². The van der Waals surface area contributed by atoms with Gasteiger partial charge in [0.2, 0.25) is 5.91 Å². The van der Waals surface area contributed by atoms with Gasteiger partial charge in [0, 0.05) is 0 Å². The zero-order valence-corrected chi connectivity index (χ0v) is 11.9. The van der Waals surface area contributed by atoms with E-state index in [0.29, 0.717) is 5.75 Å². The van der Waals surface area contributed by atoms with E-state index in [1.165, 1.54) is 0 Å². The van der Waals surface area contributed by atoms with Crippen LogP contribution in [0.3, 0.4) is 0 Å². The fraction of sp³-hybridized carbons (Fsp3) is 0.125. The van der Waals surface area contributed by atoms with Gasteiger partial charge in [0.15, 0.2) is 0 Å². The summed E-state index contributed by atoms with van der Waals surface area (Å²) in [5.74, 6) is -3.24. The number of benzene rings is 2. The third-order valence-electron chi connectivity index (χ3n) is 2.92. The summed E-state index contributed by atoms with van der Waals surface area (Å²) in [5, 5.41) is 2.33. The Morgan fingerprint density at radius 1 is 1.00 bits per heavy atom. The first-order valence-electron chi connectivity index (χ1n) is 6.67. The molecule has 2 rings (SSSR count). The van der Waals surface area contributed by atoms with Crippen LogP contribution in [0.5, 0.6) is 5.75 Å². The molecule has 0 aliphatic rings. The Balaban J connectivity index is 2.07. The molecule has 2 aromatic rings. The molecule has 1 atom stereocenters.